The molecule has 0 saturated heterocycles. The van der Waals surface area contributed by atoms with Gasteiger partial charge in [-0.3, -0.25) is 9.48 Å². The molecule has 1 amide bonds. The lowest BCUT2D eigenvalue weighted by Crippen LogP contribution is -2.28. The van der Waals surface area contributed by atoms with E-state index in [1.807, 2.05) is 25.6 Å². The van der Waals surface area contributed by atoms with Crippen LogP contribution in [0.1, 0.15) is 28.7 Å². The number of aromatic hydroxyl groups is 1. The number of benzene rings is 1. The zero-order valence-electron chi connectivity index (χ0n) is 20.2. The number of carbonyl (C=O) groups is 1. The minimum Gasteiger partial charge on any atom is -0.508 e. The lowest BCUT2D eigenvalue weighted by molar-refractivity contribution is 0.0781. The molecular weight excluding hydrogens is 448 g/mol. The van der Waals surface area contributed by atoms with Crippen LogP contribution < -0.4 is 10.1 Å². The van der Waals surface area contributed by atoms with Gasteiger partial charge >= 0.3 is 0 Å². The summed E-state index contributed by atoms with van der Waals surface area (Å²) in [5.41, 5.74) is 3.03. The largest absolute Gasteiger partial charge is 0.508 e. The van der Waals surface area contributed by atoms with Gasteiger partial charge in [-0.2, -0.15) is 5.10 Å². The van der Waals surface area contributed by atoms with Gasteiger partial charge in [0.2, 0.25) is 5.88 Å². The van der Waals surface area contributed by atoms with Crippen LogP contribution in [0.2, 0.25) is 0 Å². The Bertz CT molecular complexity index is 1340. The molecule has 0 bridgehead atoms. The molecule has 3 aromatic heterocycles. The molecule has 4 aromatic rings. The molecule has 3 heterocycles. The second kappa shape index (κ2) is 10.4. The fourth-order valence-electron chi connectivity index (χ4n) is 3.64. The van der Waals surface area contributed by atoms with Crippen LogP contribution in [0, 0.1) is 6.92 Å². The summed E-state index contributed by atoms with van der Waals surface area (Å²) in [7, 11) is 3.54. The number of carbonyl (C=O) groups excluding carboxylic acids is 1. The molecule has 11 heteroatoms. The molecule has 0 fully saturated rings. The zero-order chi connectivity index (χ0) is 24.9. The van der Waals surface area contributed by atoms with Gasteiger partial charge in [-0.25, -0.2) is 9.97 Å². The van der Waals surface area contributed by atoms with Gasteiger partial charge in [0.05, 0.1) is 11.7 Å². The highest BCUT2D eigenvalue weighted by Crippen LogP contribution is 2.26. The minimum atomic E-state index is -0.312. The molecule has 0 saturated carbocycles. The molecule has 2 N–H and O–H groups in total. The van der Waals surface area contributed by atoms with Crippen LogP contribution in [0.4, 0.5) is 0 Å². The summed E-state index contributed by atoms with van der Waals surface area (Å²) >= 11 is 0. The maximum absolute atomic E-state index is 13.5. The van der Waals surface area contributed by atoms with Crippen molar-refractivity contribution in [1.82, 2.24) is 40.2 Å². The summed E-state index contributed by atoms with van der Waals surface area (Å²) in [4.78, 5) is 24.2. The van der Waals surface area contributed by atoms with E-state index < -0.39 is 0 Å². The van der Waals surface area contributed by atoms with E-state index in [1.54, 1.807) is 36.3 Å². The molecule has 0 aliphatic rings. The summed E-state index contributed by atoms with van der Waals surface area (Å²) in [6.45, 7) is 6.25. The maximum Gasteiger partial charge on any atom is 0.273 e. The number of amides is 1. The molecule has 0 atom stereocenters. The second-order valence-corrected chi connectivity index (χ2v) is 8.04. The summed E-state index contributed by atoms with van der Waals surface area (Å²) < 4.78 is 7.40. The summed E-state index contributed by atoms with van der Waals surface area (Å²) in [6, 6.07) is 8.04. The number of fused-ring (bicyclic) bond motifs is 1. The Morgan fingerprint density at radius 1 is 1.20 bits per heavy atom. The van der Waals surface area contributed by atoms with E-state index >= 15 is 0 Å². The molecule has 4 rings (SSSR count). The molecular formula is C24H28N8O3. The molecule has 0 aliphatic heterocycles. The maximum atomic E-state index is 13.5. The Morgan fingerprint density at radius 2 is 2.03 bits per heavy atom. The Kier molecular flexibility index (Phi) is 7.16. The van der Waals surface area contributed by atoms with Crippen LogP contribution in [0.15, 0.2) is 36.5 Å². The van der Waals surface area contributed by atoms with E-state index in [1.165, 1.54) is 12.1 Å². The van der Waals surface area contributed by atoms with E-state index in [4.69, 9.17) is 4.74 Å². The highest BCUT2D eigenvalue weighted by molar-refractivity contribution is 6.05. The highest BCUT2D eigenvalue weighted by atomic mass is 16.5. The molecule has 0 spiro atoms. The third-order valence-corrected chi connectivity index (χ3v) is 5.61. The Balaban J connectivity index is 1.67. The Labute approximate surface area is 202 Å². The van der Waals surface area contributed by atoms with Crippen LogP contribution in [-0.4, -0.2) is 73.1 Å². The predicted octanol–water partition coefficient (Wildman–Crippen LogP) is 2.19. The van der Waals surface area contributed by atoms with E-state index in [9.17, 15) is 9.90 Å². The third-order valence-electron chi connectivity index (χ3n) is 5.61. The first-order chi connectivity index (χ1) is 16.9. The van der Waals surface area contributed by atoms with Crippen LogP contribution in [0.3, 0.4) is 0 Å². The monoisotopic (exact) mass is 476 g/mol. The van der Waals surface area contributed by atoms with Crippen molar-refractivity contribution in [1.29, 1.82) is 0 Å². The van der Waals surface area contributed by atoms with Crippen molar-refractivity contribution in [2.75, 3.05) is 27.2 Å². The lowest BCUT2D eigenvalue weighted by atomic mass is 10.1. The van der Waals surface area contributed by atoms with Crippen molar-refractivity contribution in [2.24, 2.45) is 0 Å². The number of nitrogens with one attached hydrogen (secondary N) is 1. The van der Waals surface area contributed by atoms with E-state index in [-0.39, 0.29) is 23.2 Å². The van der Waals surface area contributed by atoms with Gasteiger partial charge in [0.15, 0.2) is 5.82 Å². The van der Waals surface area contributed by atoms with Crippen LogP contribution in [0.25, 0.3) is 22.4 Å². The number of phenols is 1. The summed E-state index contributed by atoms with van der Waals surface area (Å²) in [6.07, 6.45) is 1.77. The van der Waals surface area contributed by atoms with Gasteiger partial charge in [0, 0.05) is 49.4 Å². The van der Waals surface area contributed by atoms with E-state index in [0.29, 0.717) is 42.2 Å². The van der Waals surface area contributed by atoms with Crippen molar-refractivity contribution in [3.63, 3.8) is 0 Å². The number of nitrogens with zero attached hydrogens (tertiary/aromatic N) is 7. The number of aryl methyl sites for hydroxylation is 1. The molecule has 1 aromatic carbocycles. The van der Waals surface area contributed by atoms with Crippen LogP contribution >= 0.6 is 0 Å². The minimum absolute atomic E-state index is 0.0217. The van der Waals surface area contributed by atoms with Crippen molar-refractivity contribution < 1.29 is 14.6 Å². The molecule has 11 nitrogen and oxygen atoms in total. The SMILES string of the molecule is CCn1ncc(CN(C)C(=O)c2nc(-c3ccc(OCCNC)nn3)nc3ccc(O)cc23)c1C. The number of hydrogen-bond donors (Lipinski definition) is 2. The van der Waals surface area contributed by atoms with Gasteiger partial charge in [0.25, 0.3) is 5.91 Å². The van der Waals surface area contributed by atoms with Crippen LogP contribution in [0.5, 0.6) is 11.6 Å². The Hall–Kier alpha value is -4.12. The quantitative estimate of drug-likeness (QED) is 0.349. The fourth-order valence-corrected chi connectivity index (χ4v) is 3.64. The van der Waals surface area contributed by atoms with E-state index in [2.05, 4.69) is 30.6 Å². The van der Waals surface area contributed by atoms with E-state index in [0.717, 1.165) is 17.8 Å². The molecule has 0 unspecified atom stereocenters. The third kappa shape index (κ3) is 5.19. The van der Waals surface area contributed by atoms with Crippen molar-refractivity contribution in [2.45, 2.75) is 26.9 Å². The molecule has 0 aliphatic carbocycles. The first kappa shape index (κ1) is 24.0. The van der Waals surface area contributed by atoms with Crippen molar-refractivity contribution in [3.05, 3.63) is 53.5 Å². The van der Waals surface area contributed by atoms with Gasteiger partial charge in [0.1, 0.15) is 23.7 Å². The topological polar surface area (TPSA) is 131 Å². The Morgan fingerprint density at radius 3 is 2.71 bits per heavy atom. The standard InChI is InChI=1S/C24H28N8O3/c1-5-32-15(2)16(13-26-32)14-31(4)24(34)22-18-12-17(33)6-7-19(18)27-23(28-22)20-8-9-21(30-29-20)35-11-10-25-3/h6-9,12-13,25,33H,5,10-11,14H2,1-4H3. The summed E-state index contributed by atoms with van der Waals surface area (Å²) in [5, 5.41) is 26.1. The normalized spacial score (nSPS) is 11.1. The summed E-state index contributed by atoms with van der Waals surface area (Å²) in [5.74, 6) is 0.347. The predicted molar refractivity (Wildman–Crippen MR) is 130 cm³/mol. The van der Waals surface area contributed by atoms with Gasteiger partial charge < -0.3 is 20.1 Å². The zero-order valence-corrected chi connectivity index (χ0v) is 20.2. The number of hydrogen-bond acceptors (Lipinski definition) is 9. The molecule has 182 valence electrons. The second-order valence-electron chi connectivity index (χ2n) is 8.04. The van der Waals surface area contributed by atoms with Gasteiger partial charge in [-0.1, -0.05) is 0 Å². The van der Waals surface area contributed by atoms with Gasteiger partial charge in [-0.15, -0.1) is 10.2 Å². The number of phenolic OH excluding ortho intramolecular Hbond substituents is 1. The highest BCUT2D eigenvalue weighted by Gasteiger charge is 2.21. The fraction of sp³-hybridized carbons (Fsp3) is 0.333. The number of rotatable bonds is 9. The van der Waals surface area contributed by atoms with Crippen molar-refractivity contribution >= 4 is 16.8 Å². The average Bonchev–Trinajstić information content (AvgIpc) is 3.22. The molecule has 35 heavy (non-hydrogen) atoms. The number of ether oxygens (including phenoxy) is 1. The van der Waals surface area contributed by atoms with Crippen molar-refractivity contribution in [3.8, 4) is 23.1 Å². The van der Waals surface area contributed by atoms with Gasteiger partial charge in [-0.05, 0) is 45.2 Å². The number of aromatic nitrogens is 6. The first-order valence-corrected chi connectivity index (χ1v) is 11.3. The smallest absolute Gasteiger partial charge is 0.273 e. The molecule has 0 radical (unpaired) electrons. The average molecular weight is 477 g/mol. The lowest BCUT2D eigenvalue weighted by Gasteiger charge is -2.18. The number of likely N-dealkylation sites (N-methyl/N-ethyl adjacent to an activating group) is 1. The first-order valence-electron chi connectivity index (χ1n) is 11.3. The van der Waals surface area contributed by atoms with Crippen LogP contribution in [-0.2, 0) is 13.1 Å².